The maximum Gasteiger partial charge on any atom is 0.269 e. The van der Waals surface area contributed by atoms with Crippen molar-refractivity contribution < 1.29 is 4.92 Å². The molecule has 0 amide bonds. The molecule has 0 N–H and O–H groups in total. The predicted molar refractivity (Wildman–Crippen MR) is 73.2 cm³/mol. The number of nitrogens with zero attached hydrogens (tertiary/aromatic N) is 1. The Bertz CT molecular complexity index is 586. The molecule has 18 heavy (non-hydrogen) atoms. The number of rotatable bonds is 3. The van der Waals surface area contributed by atoms with E-state index in [9.17, 15) is 10.1 Å². The summed E-state index contributed by atoms with van der Waals surface area (Å²) in [5.74, 6) is 0. The molecule has 0 saturated heterocycles. The summed E-state index contributed by atoms with van der Waals surface area (Å²) in [6, 6.07) is 14.7. The van der Waals surface area contributed by atoms with E-state index in [4.69, 9.17) is 0 Å². The quantitative estimate of drug-likeness (QED) is 0.460. The van der Waals surface area contributed by atoms with Crippen molar-refractivity contribution in [2.45, 2.75) is 6.92 Å². The maximum absolute atomic E-state index is 10.5. The minimum absolute atomic E-state index is 0.114. The van der Waals surface area contributed by atoms with Gasteiger partial charge in [0.25, 0.3) is 5.69 Å². The van der Waals surface area contributed by atoms with Crippen LogP contribution in [0.15, 0.2) is 48.5 Å². The van der Waals surface area contributed by atoms with Gasteiger partial charge in [0.1, 0.15) is 0 Å². The predicted octanol–water partition coefficient (Wildman–Crippen LogP) is 4.07. The molecule has 3 heteroatoms. The standard InChI is InChI=1S/C15H13NO2/c1-12-3-2-4-14(11-12)6-5-13-7-9-15(10-8-13)16(17)18/h2-11H,1H3. The molecule has 2 aromatic rings. The van der Waals surface area contributed by atoms with E-state index in [0.29, 0.717) is 0 Å². The zero-order chi connectivity index (χ0) is 13.0. The number of nitro benzene ring substituents is 1. The number of hydrogen-bond acceptors (Lipinski definition) is 2. The number of benzene rings is 2. The number of non-ortho nitro benzene ring substituents is 1. The lowest BCUT2D eigenvalue weighted by molar-refractivity contribution is -0.384. The zero-order valence-corrected chi connectivity index (χ0v) is 10.0. The van der Waals surface area contributed by atoms with Crippen LogP contribution in [-0.2, 0) is 0 Å². The molecule has 0 saturated carbocycles. The van der Waals surface area contributed by atoms with E-state index in [2.05, 4.69) is 6.07 Å². The van der Waals surface area contributed by atoms with Gasteiger partial charge in [0.05, 0.1) is 4.92 Å². The lowest BCUT2D eigenvalue weighted by Gasteiger charge is -1.96. The van der Waals surface area contributed by atoms with E-state index < -0.39 is 4.92 Å². The van der Waals surface area contributed by atoms with Gasteiger partial charge in [0.15, 0.2) is 0 Å². The molecular formula is C15H13NO2. The van der Waals surface area contributed by atoms with Crippen LogP contribution in [0.3, 0.4) is 0 Å². The Labute approximate surface area is 106 Å². The van der Waals surface area contributed by atoms with Gasteiger partial charge in [-0.05, 0) is 30.2 Å². The van der Waals surface area contributed by atoms with Crippen LogP contribution in [-0.4, -0.2) is 4.92 Å². The molecule has 0 radical (unpaired) electrons. The summed E-state index contributed by atoms with van der Waals surface area (Å²) in [5, 5.41) is 10.5. The molecule has 0 heterocycles. The molecule has 3 nitrogen and oxygen atoms in total. The molecule has 0 atom stereocenters. The summed E-state index contributed by atoms with van der Waals surface area (Å²) in [7, 11) is 0. The van der Waals surface area contributed by atoms with Crippen molar-refractivity contribution in [1.82, 2.24) is 0 Å². The first kappa shape index (κ1) is 12.0. The fourth-order valence-electron chi connectivity index (χ4n) is 1.67. The lowest BCUT2D eigenvalue weighted by Crippen LogP contribution is -1.86. The summed E-state index contributed by atoms with van der Waals surface area (Å²) < 4.78 is 0. The molecule has 2 rings (SSSR count). The first-order valence-corrected chi connectivity index (χ1v) is 5.64. The Morgan fingerprint density at radius 3 is 2.28 bits per heavy atom. The van der Waals surface area contributed by atoms with Crippen molar-refractivity contribution in [2.75, 3.05) is 0 Å². The summed E-state index contributed by atoms with van der Waals surface area (Å²) in [6.07, 6.45) is 3.94. The number of hydrogen-bond donors (Lipinski definition) is 0. The fourth-order valence-corrected chi connectivity index (χ4v) is 1.67. The molecule has 2 aromatic carbocycles. The van der Waals surface area contributed by atoms with Crippen LogP contribution < -0.4 is 0 Å². The molecule has 90 valence electrons. The van der Waals surface area contributed by atoms with Crippen LogP contribution in [0.25, 0.3) is 12.2 Å². The normalized spacial score (nSPS) is 10.7. The molecular weight excluding hydrogens is 226 g/mol. The average molecular weight is 239 g/mol. The van der Waals surface area contributed by atoms with Gasteiger partial charge < -0.3 is 0 Å². The first-order chi connectivity index (χ1) is 8.65. The van der Waals surface area contributed by atoms with Gasteiger partial charge in [-0.1, -0.05) is 42.0 Å². The van der Waals surface area contributed by atoms with Crippen LogP contribution in [0.4, 0.5) is 5.69 Å². The molecule has 0 fully saturated rings. The third-order valence-electron chi connectivity index (χ3n) is 2.61. The van der Waals surface area contributed by atoms with Gasteiger partial charge in [-0.3, -0.25) is 10.1 Å². The van der Waals surface area contributed by atoms with Crippen molar-refractivity contribution in [2.24, 2.45) is 0 Å². The Morgan fingerprint density at radius 2 is 1.67 bits per heavy atom. The fraction of sp³-hybridized carbons (Fsp3) is 0.0667. The van der Waals surface area contributed by atoms with Crippen LogP contribution in [0.1, 0.15) is 16.7 Å². The summed E-state index contributed by atoms with van der Waals surface area (Å²) >= 11 is 0. The topological polar surface area (TPSA) is 43.1 Å². The van der Waals surface area contributed by atoms with E-state index in [1.54, 1.807) is 12.1 Å². The van der Waals surface area contributed by atoms with Gasteiger partial charge in [0.2, 0.25) is 0 Å². The van der Waals surface area contributed by atoms with Crippen LogP contribution in [0.5, 0.6) is 0 Å². The van der Waals surface area contributed by atoms with Crippen molar-refractivity contribution >= 4 is 17.8 Å². The second-order valence-electron chi connectivity index (χ2n) is 4.10. The molecule has 0 bridgehead atoms. The minimum Gasteiger partial charge on any atom is -0.258 e. The van der Waals surface area contributed by atoms with E-state index in [1.807, 2.05) is 37.3 Å². The van der Waals surface area contributed by atoms with Crippen molar-refractivity contribution in [3.63, 3.8) is 0 Å². The molecule has 0 spiro atoms. The van der Waals surface area contributed by atoms with Gasteiger partial charge in [0, 0.05) is 12.1 Å². The third kappa shape index (κ3) is 3.04. The maximum atomic E-state index is 10.5. The smallest absolute Gasteiger partial charge is 0.258 e. The third-order valence-corrected chi connectivity index (χ3v) is 2.61. The molecule has 0 aliphatic rings. The highest BCUT2D eigenvalue weighted by molar-refractivity contribution is 5.70. The van der Waals surface area contributed by atoms with Crippen LogP contribution >= 0.6 is 0 Å². The minimum atomic E-state index is -0.395. The highest BCUT2D eigenvalue weighted by atomic mass is 16.6. The lowest BCUT2D eigenvalue weighted by atomic mass is 10.1. The number of aryl methyl sites for hydroxylation is 1. The van der Waals surface area contributed by atoms with E-state index in [1.165, 1.54) is 17.7 Å². The summed E-state index contributed by atoms with van der Waals surface area (Å²) in [4.78, 5) is 10.1. The monoisotopic (exact) mass is 239 g/mol. The van der Waals surface area contributed by atoms with Gasteiger partial charge >= 0.3 is 0 Å². The molecule has 0 unspecified atom stereocenters. The summed E-state index contributed by atoms with van der Waals surface area (Å²) in [5.41, 5.74) is 3.39. The zero-order valence-electron chi connectivity index (χ0n) is 10.0. The van der Waals surface area contributed by atoms with Gasteiger partial charge in [-0.2, -0.15) is 0 Å². The Hall–Kier alpha value is -2.42. The SMILES string of the molecule is Cc1cccc(C=Cc2ccc([N+](=O)[O-])cc2)c1. The van der Waals surface area contributed by atoms with Crippen LogP contribution in [0.2, 0.25) is 0 Å². The summed E-state index contributed by atoms with van der Waals surface area (Å²) in [6.45, 7) is 2.04. The second-order valence-corrected chi connectivity index (χ2v) is 4.10. The highest BCUT2D eigenvalue weighted by Crippen LogP contribution is 2.14. The van der Waals surface area contributed by atoms with Crippen molar-refractivity contribution in [3.05, 3.63) is 75.3 Å². The van der Waals surface area contributed by atoms with E-state index in [0.717, 1.165) is 11.1 Å². The van der Waals surface area contributed by atoms with Gasteiger partial charge in [-0.25, -0.2) is 0 Å². The second kappa shape index (κ2) is 5.27. The van der Waals surface area contributed by atoms with Crippen molar-refractivity contribution in [3.8, 4) is 0 Å². The Kier molecular flexibility index (Phi) is 3.53. The molecule has 0 aliphatic carbocycles. The van der Waals surface area contributed by atoms with Crippen molar-refractivity contribution in [1.29, 1.82) is 0 Å². The van der Waals surface area contributed by atoms with E-state index >= 15 is 0 Å². The van der Waals surface area contributed by atoms with E-state index in [-0.39, 0.29) is 5.69 Å². The average Bonchev–Trinajstić information content (AvgIpc) is 2.37. The van der Waals surface area contributed by atoms with Gasteiger partial charge in [-0.15, -0.1) is 0 Å². The molecule has 0 aromatic heterocycles. The largest absolute Gasteiger partial charge is 0.269 e. The highest BCUT2D eigenvalue weighted by Gasteiger charge is 2.01. The molecule has 0 aliphatic heterocycles. The first-order valence-electron chi connectivity index (χ1n) is 5.64. The van der Waals surface area contributed by atoms with Crippen LogP contribution in [0, 0.1) is 17.0 Å². The Morgan fingerprint density at radius 1 is 1.00 bits per heavy atom. The number of nitro groups is 1. The Balaban J connectivity index is 2.16.